The SMILES string of the molecule is O=C(/C=C/c1cccs1)NC(=S)Nc1ccccc1C(=O)Nc1ccc(Nc2ccccc2)cc1. The molecule has 0 bridgehead atoms. The number of carbonyl (C=O) groups is 2. The second-order valence-electron chi connectivity index (χ2n) is 7.36. The molecule has 6 nitrogen and oxygen atoms in total. The summed E-state index contributed by atoms with van der Waals surface area (Å²) in [6, 6.07) is 28.0. The third-order valence-electron chi connectivity index (χ3n) is 4.80. The summed E-state index contributed by atoms with van der Waals surface area (Å²) < 4.78 is 0. The lowest BCUT2D eigenvalue weighted by Crippen LogP contribution is -2.33. The van der Waals surface area contributed by atoms with Gasteiger partial charge in [-0.25, -0.2) is 0 Å². The summed E-state index contributed by atoms with van der Waals surface area (Å²) >= 11 is 6.79. The summed E-state index contributed by atoms with van der Waals surface area (Å²) in [5, 5.41) is 13.8. The molecule has 0 aliphatic rings. The molecule has 0 aliphatic carbocycles. The second kappa shape index (κ2) is 11.7. The fraction of sp³-hybridized carbons (Fsp3) is 0. The summed E-state index contributed by atoms with van der Waals surface area (Å²) in [7, 11) is 0. The highest BCUT2D eigenvalue weighted by Crippen LogP contribution is 2.21. The van der Waals surface area contributed by atoms with Gasteiger partial charge < -0.3 is 16.0 Å². The zero-order valence-electron chi connectivity index (χ0n) is 18.5. The average molecular weight is 499 g/mol. The first kappa shape index (κ1) is 23.9. The van der Waals surface area contributed by atoms with Crippen molar-refractivity contribution in [3.05, 3.63) is 113 Å². The summed E-state index contributed by atoms with van der Waals surface area (Å²) in [6.45, 7) is 0. The van der Waals surface area contributed by atoms with E-state index in [1.807, 2.05) is 72.1 Å². The van der Waals surface area contributed by atoms with Gasteiger partial charge in [0.05, 0.1) is 11.3 Å². The van der Waals surface area contributed by atoms with Crippen LogP contribution in [0.15, 0.2) is 102 Å². The number of hydrogen-bond acceptors (Lipinski definition) is 5. The Morgan fingerprint density at radius 1 is 0.743 bits per heavy atom. The fourth-order valence-electron chi connectivity index (χ4n) is 3.16. The van der Waals surface area contributed by atoms with Crippen molar-refractivity contribution >= 4 is 69.3 Å². The van der Waals surface area contributed by atoms with Crippen molar-refractivity contribution in [1.29, 1.82) is 0 Å². The Balaban J connectivity index is 1.36. The van der Waals surface area contributed by atoms with Crippen LogP contribution in [0.25, 0.3) is 6.08 Å². The van der Waals surface area contributed by atoms with Crippen molar-refractivity contribution in [3.63, 3.8) is 0 Å². The number of amides is 2. The normalized spacial score (nSPS) is 10.5. The summed E-state index contributed by atoms with van der Waals surface area (Å²) in [5.74, 6) is -0.661. The van der Waals surface area contributed by atoms with E-state index in [1.165, 1.54) is 17.4 Å². The van der Waals surface area contributed by atoms with Crippen LogP contribution in [0.3, 0.4) is 0 Å². The minimum atomic E-state index is -0.359. The van der Waals surface area contributed by atoms with Crippen LogP contribution in [0.4, 0.5) is 22.7 Å². The monoisotopic (exact) mass is 498 g/mol. The summed E-state index contributed by atoms with van der Waals surface area (Å²) in [5.41, 5.74) is 3.42. The van der Waals surface area contributed by atoms with Crippen molar-refractivity contribution in [2.45, 2.75) is 0 Å². The zero-order chi connectivity index (χ0) is 24.5. The molecule has 0 saturated carbocycles. The van der Waals surface area contributed by atoms with Crippen LogP contribution in [-0.2, 0) is 4.79 Å². The molecule has 4 rings (SSSR count). The Labute approximate surface area is 212 Å². The Morgan fingerprint density at radius 3 is 2.17 bits per heavy atom. The number of para-hydroxylation sites is 2. The molecule has 0 fully saturated rings. The first-order valence-electron chi connectivity index (χ1n) is 10.7. The molecule has 4 aromatic rings. The highest BCUT2D eigenvalue weighted by atomic mass is 32.1. The molecule has 174 valence electrons. The molecule has 1 aromatic heterocycles. The number of rotatable bonds is 7. The smallest absolute Gasteiger partial charge is 0.257 e. The van der Waals surface area contributed by atoms with Gasteiger partial charge >= 0.3 is 0 Å². The molecule has 0 radical (unpaired) electrons. The topological polar surface area (TPSA) is 82.3 Å². The number of benzene rings is 3. The van der Waals surface area contributed by atoms with Gasteiger partial charge in [0, 0.05) is 28.0 Å². The van der Waals surface area contributed by atoms with Crippen LogP contribution in [0, 0.1) is 0 Å². The predicted octanol–water partition coefficient (Wildman–Crippen LogP) is 6.27. The van der Waals surface area contributed by atoms with E-state index in [0.29, 0.717) is 16.9 Å². The Bertz CT molecular complexity index is 1340. The Hall–Kier alpha value is -4.27. The van der Waals surface area contributed by atoms with Crippen LogP contribution in [0.1, 0.15) is 15.2 Å². The van der Waals surface area contributed by atoms with Gasteiger partial charge in [-0.3, -0.25) is 14.9 Å². The van der Waals surface area contributed by atoms with Gasteiger partial charge in [0.15, 0.2) is 5.11 Å². The largest absolute Gasteiger partial charge is 0.356 e. The van der Waals surface area contributed by atoms with Crippen molar-refractivity contribution in [3.8, 4) is 0 Å². The van der Waals surface area contributed by atoms with E-state index in [0.717, 1.165) is 16.3 Å². The van der Waals surface area contributed by atoms with E-state index in [1.54, 1.807) is 30.3 Å². The Kier molecular flexibility index (Phi) is 8.00. The maximum absolute atomic E-state index is 12.9. The van der Waals surface area contributed by atoms with Gasteiger partial charge in [0.2, 0.25) is 5.91 Å². The standard InChI is InChI=1S/C27H22N4O2S2/c32-25(17-16-22-9-6-18-35-22)31-27(34)30-24-11-5-4-10-23(24)26(33)29-21-14-12-20(13-15-21)28-19-7-2-1-3-8-19/h1-18,28H,(H,29,33)(H2,30,31,32,34)/b17-16+. The molecule has 0 unspecified atom stereocenters. The van der Waals surface area contributed by atoms with E-state index >= 15 is 0 Å². The summed E-state index contributed by atoms with van der Waals surface area (Å²) in [6.07, 6.45) is 3.12. The quantitative estimate of drug-likeness (QED) is 0.178. The number of nitrogens with one attached hydrogen (secondary N) is 4. The average Bonchev–Trinajstić information content (AvgIpc) is 3.39. The third kappa shape index (κ3) is 7.10. The minimum absolute atomic E-state index is 0.0995. The second-order valence-corrected chi connectivity index (χ2v) is 8.75. The molecule has 4 N–H and O–H groups in total. The van der Waals surface area contributed by atoms with Gasteiger partial charge in [-0.2, -0.15) is 0 Å². The zero-order valence-corrected chi connectivity index (χ0v) is 20.2. The lowest BCUT2D eigenvalue weighted by molar-refractivity contribution is -0.115. The van der Waals surface area contributed by atoms with Crippen LogP contribution in [0.2, 0.25) is 0 Å². The number of thiocarbonyl (C=S) groups is 1. The molecular weight excluding hydrogens is 476 g/mol. The van der Waals surface area contributed by atoms with Gasteiger partial charge in [-0.1, -0.05) is 36.4 Å². The van der Waals surface area contributed by atoms with Crippen LogP contribution >= 0.6 is 23.6 Å². The van der Waals surface area contributed by atoms with Gasteiger partial charge in [0.1, 0.15) is 0 Å². The molecular formula is C27H22N4O2S2. The highest BCUT2D eigenvalue weighted by molar-refractivity contribution is 7.80. The number of carbonyl (C=O) groups excluding carboxylic acids is 2. The van der Waals surface area contributed by atoms with Crippen LogP contribution < -0.4 is 21.3 Å². The molecule has 0 spiro atoms. The van der Waals surface area contributed by atoms with Gasteiger partial charge in [-0.15, -0.1) is 11.3 Å². The lowest BCUT2D eigenvalue weighted by Gasteiger charge is -2.13. The Morgan fingerprint density at radius 2 is 1.43 bits per heavy atom. The third-order valence-corrected chi connectivity index (χ3v) is 5.85. The predicted molar refractivity (Wildman–Crippen MR) is 148 cm³/mol. The minimum Gasteiger partial charge on any atom is -0.356 e. The molecule has 35 heavy (non-hydrogen) atoms. The molecule has 0 saturated heterocycles. The molecule has 0 aliphatic heterocycles. The maximum atomic E-state index is 12.9. The molecule has 8 heteroatoms. The highest BCUT2D eigenvalue weighted by Gasteiger charge is 2.13. The number of thiophene rings is 1. The van der Waals surface area contributed by atoms with Crippen molar-refractivity contribution in [2.24, 2.45) is 0 Å². The molecule has 1 heterocycles. The number of anilines is 4. The van der Waals surface area contributed by atoms with E-state index in [9.17, 15) is 9.59 Å². The fourth-order valence-corrected chi connectivity index (χ4v) is 3.99. The first-order valence-corrected chi connectivity index (χ1v) is 12.0. The molecule has 3 aromatic carbocycles. The van der Waals surface area contributed by atoms with Crippen molar-refractivity contribution < 1.29 is 9.59 Å². The molecule has 0 atom stereocenters. The van der Waals surface area contributed by atoms with E-state index in [4.69, 9.17) is 12.2 Å². The van der Waals surface area contributed by atoms with Crippen molar-refractivity contribution in [2.75, 3.05) is 16.0 Å². The van der Waals surface area contributed by atoms with Gasteiger partial charge in [-0.05, 0) is 78.3 Å². The molecule has 2 amide bonds. The maximum Gasteiger partial charge on any atom is 0.257 e. The lowest BCUT2D eigenvalue weighted by atomic mass is 10.1. The van der Waals surface area contributed by atoms with Gasteiger partial charge in [0.25, 0.3) is 5.91 Å². The van der Waals surface area contributed by atoms with Crippen molar-refractivity contribution in [1.82, 2.24) is 5.32 Å². The summed E-state index contributed by atoms with van der Waals surface area (Å²) in [4.78, 5) is 26.0. The van der Waals surface area contributed by atoms with Crippen LogP contribution in [-0.4, -0.2) is 16.9 Å². The number of hydrogen-bond donors (Lipinski definition) is 4. The first-order chi connectivity index (χ1) is 17.1. The van der Waals surface area contributed by atoms with E-state index in [2.05, 4.69) is 21.3 Å². The van der Waals surface area contributed by atoms with E-state index < -0.39 is 0 Å². The van der Waals surface area contributed by atoms with E-state index in [-0.39, 0.29) is 16.9 Å². The van der Waals surface area contributed by atoms with Crippen LogP contribution in [0.5, 0.6) is 0 Å².